The quantitative estimate of drug-likeness (QED) is 0.770. The third-order valence-electron chi connectivity index (χ3n) is 4.95. The number of hydrogen-bond acceptors (Lipinski definition) is 5. The number of aryl methyl sites for hydroxylation is 1. The lowest BCUT2D eigenvalue weighted by Crippen LogP contribution is -2.35. The van der Waals surface area contributed by atoms with Gasteiger partial charge in [0, 0.05) is 55.9 Å². The monoisotopic (exact) mass is 365 g/mol. The zero-order valence-electron chi connectivity index (χ0n) is 15.6. The summed E-state index contributed by atoms with van der Waals surface area (Å²) in [4.78, 5) is 23.6. The van der Waals surface area contributed by atoms with Crippen LogP contribution < -0.4 is 10.1 Å². The Labute approximate surface area is 158 Å². The summed E-state index contributed by atoms with van der Waals surface area (Å²) >= 11 is 0. The molecule has 3 aromatic rings. The van der Waals surface area contributed by atoms with E-state index in [0.29, 0.717) is 17.3 Å². The van der Waals surface area contributed by atoms with Crippen molar-refractivity contribution in [2.75, 3.05) is 25.5 Å². The van der Waals surface area contributed by atoms with Crippen LogP contribution in [0.4, 0.5) is 5.69 Å². The molecule has 0 atom stereocenters. The van der Waals surface area contributed by atoms with E-state index in [0.717, 1.165) is 36.8 Å². The van der Waals surface area contributed by atoms with Crippen LogP contribution in [0.2, 0.25) is 0 Å². The highest BCUT2D eigenvalue weighted by Crippen LogP contribution is 2.22. The topological polar surface area (TPSA) is 72.3 Å². The number of pyridine rings is 2. The molecule has 1 aliphatic heterocycles. The second-order valence-corrected chi connectivity index (χ2v) is 6.98. The van der Waals surface area contributed by atoms with Crippen molar-refractivity contribution in [2.24, 2.45) is 7.05 Å². The van der Waals surface area contributed by atoms with Crippen LogP contribution in [-0.2, 0) is 7.05 Å². The molecule has 140 valence electrons. The van der Waals surface area contributed by atoms with E-state index in [2.05, 4.69) is 27.2 Å². The zero-order valence-corrected chi connectivity index (χ0v) is 15.6. The van der Waals surface area contributed by atoms with Gasteiger partial charge in [-0.15, -0.1) is 0 Å². The van der Waals surface area contributed by atoms with Gasteiger partial charge in [-0.05, 0) is 38.1 Å². The molecule has 7 nitrogen and oxygen atoms in total. The van der Waals surface area contributed by atoms with E-state index in [4.69, 9.17) is 4.74 Å². The molecule has 0 radical (unpaired) electrons. The number of carbonyl (C=O) groups excluding carboxylic acids is 1. The lowest BCUT2D eigenvalue weighted by Gasteiger charge is -2.28. The van der Waals surface area contributed by atoms with E-state index in [1.807, 2.05) is 29.9 Å². The number of amides is 1. The molecule has 4 rings (SSSR count). The van der Waals surface area contributed by atoms with Gasteiger partial charge in [-0.25, -0.2) is 9.97 Å². The van der Waals surface area contributed by atoms with Crippen molar-refractivity contribution in [3.63, 3.8) is 0 Å². The summed E-state index contributed by atoms with van der Waals surface area (Å²) in [7, 11) is 4.02. The first-order valence-electron chi connectivity index (χ1n) is 9.13. The van der Waals surface area contributed by atoms with Gasteiger partial charge in [0.05, 0.1) is 5.52 Å². The summed E-state index contributed by atoms with van der Waals surface area (Å²) in [5, 5.41) is 3.89. The Bertz CT molecular complexity index is 960. The fourth-order valence-corrected chi connectivity index (χ4v) is 3.42. The number of carbonyl (C=O) groups is 1. The summed E-state index contributed by atoms with van der Waals surface area (Å²) in [5.74, 6) is 0.284. The van der Waals surface area contributed by atoms with Crippen molar-refractivity contribution >= 4 is 22.5 Å². The van der Waals surface area contributed by atoms with Crippen LogP contribution in [0.3, 0.4) is 0 Å². The third-order valence-corrected chi connectivity index (χ3v) is 4.95. The van der Waals surface area contributed by atoms with Crippen LogP contribution in [-0.4, -0.2) is 51.6 Å². The molecule has 3 aromatic heterocycles. The minimum absolute atomic E-state index is 0.165. The molecule has 1 amide bonds. The molecule has 27 heavy (non-hydrogen) atoms. The average Bonchev–Trinajstić information content (AvgIpc) is 3.05. The van der Waals surface area contributed by atoms with Crippen molar-refractivity contribution in [3.8, 4) is 5.88 Å². The van der Waals surface area contributed by atoms with Crippen LogP contribution in [0.1, 0.15) is 23.3 Å². The van der Waals surface area contributed by atoms with Gasteiger partial charge < -0.3 is 19.5 Å². The van der Waals surface area contributed by atoms with E-state index >= 15 is 0 Å². The summed E-state index contributed by atoms with van der Waals surface area (Å²) in [5.41, 5.74) is 1.85. The smallest absolute Gasteiger partial charge is 0.276 e. The number of rotatable bonds is 4. The summed E-state index contributed by atoms with van der Waals surface area (Å²) in [6.45, 7) is 2.04. The Morgan fingerprint density at radius 2 is 1.93 bits per heavy atom. The van der Waals surface area contributed by atoms with Crippen molar-refractivity contribution in [1.29, 1.82) is 0 Å². The molecule has 1 aliphatic rings. The maximum Gasteiger partial charge on any atom is 0.276 e. The number of nitrogens with one attached hydrogen (secondary N) is 1. The number of piperidine rings is 1. The number of fused-ring (bicyclic) bond motifs is 1. The number of nitrogens with zero attached hydrogens (tertiary/aromatic N) is 4. The van der Waals surface area contributed by atoms with Crippen LogP contribution in [0, 0.1) is 0 Å². The van der Waals surface area contributed by atoms with E-state index in [1.165, 1.54) is 0 Å². The fourth-order valence-electron chi connectivity index (χ4n) is 3.42. The van der Waals surface area contributed by atoms with Gasteiger partial charge in [0.15, 0.2) is 5.69 Å². The summed E-state index contributed by atoms with van der Waals surface area (Å²) in [6, 6.07) is 7.38. The fraction of sp³-hybridized carbons (Fsp3) is 0.350. The zero-order chi connectivity index (χ0) is 18.8. The molecule has 4 heterocycles. The lowest BCUT2D eigenvalue weighted by atomic mass is 10.1. The Hall–Kier alpha value is -2.93. The number of aromatic nitrogens is 3. The molecule has 0 unspecified atom stereocenters. The minimum Gasteiger partial charge on any atom is -0.474 e. The predicted octanol–water partition coefficient (Wildman–Crippen LogP) is 2.69. The van der Waals surface area contributed by atoms with E-state index < -0.39 is 0 Å². The Balaban J connectivity index is 1.49. The standard InChI is InChI=1S/C20H23N5O2/c1-24-10-6-16(7-11-24)27-17-13-15(4-9-21-17)23-20(26)18-19-14(3-8-22-18)5-12-25(19)2/h3-5,8-9,12-13,16H,6-7,10-11H2,1-2H3,(H,21,23,26). The number of anilines is 1. The summed E-state index contributed by atoms with van der Waals surface area (Å²) in [6.07, 6.45) is 7.35. The first kappa shape index (κ1) is 17.5. The van der Waals surface area contributed by atoms with Crippen molar-refractivity contribution in [2.45, 2.75) is 18.9 Å². The van der Waals surface area contributed by atoms with Gasteiger partial charge in [0.1, 0.15) is 6.10 Å². The molecule has 7 heteroatoms. The second kappa shape index (κ2) is 7.36. The molecule has 0 aromatic carbocycles. The van der Waals surface area contributed by atoms with Crippen molar-refractivity contribution in [3.05, 3.63) is 48.5 Å². The third kappa shape index (κ3) is 3.78. The van der Waals surface area contributed by atoms with Gasteiger partial charge in [0.25, 0.3) is 5.91 Å². The molecular weight excluding hydrogens is 342 g/mol. The van der Waals surface area contributed by atoms with Crippen molar-refractivity contribution < 1.29 is 9.53 Å². The van der Waals surface area contributed by atoms with Gasteiger partial charge in [-0.1, -0.05) is 0 Å². The number of ether oxygens (including phenoxy) is 1. The Morgan fingerprint density at radius 3 is 2.74 bits per heavy atom. The molecule has 0 spiro atoms. The second-order valence-electron chi connectivity index (χ2n) is 6.98. The van der Waals surface area contributed by atoms with E-state index in [9.17, 15) is 4.79 Å². The maximum atomic E-state index is 12.8. The number of hydrogen-bond donors (Lipinski definition) is 1. The minimum atomic E-state index is -0.251. The number of likely N-dealkylation sites (tertiary alicyclic amines) is 1. The van der Waals surface area contributed by atoms with Gasteiger partial charge in [-0.3, -0.25) is 4.79 Å². The molecule has 0 bridgehead atoms. The predicted molar refractivity (Wildman–Crippen MR) is 104 cm³/mol. The normalized spacial score (nSPS) is 15.8. The first-order chi connectivity index (χ1) is 13.1. The average molecular weight is 365 g/mol. The maximum absolute atomic E-state index is 12.8. The molecule has 0 saturated carbocycles. The van der Waals surface area contributed by atoms with E-state index in [1.54, 1.807) is 24.5 Å². The van der Waals surface area contributed by atoms with Gasteiger partial charge in [0.2, 0.25) is 5.88 Å². The molecule has 1 fully saturated rings. The highest BCUT2D eigenvalue weighted by atomic mass is 16.5. The highest BCUT2D eigenvalue weighted by molar-refractivity contribution is 6.10. The van der Waals surface area contributed by atoms with Crippen LogP contribution in [0.5, 0.6) is 5.88 Å². The molecule has 1 N–H and O–H groups in total. The molecule has 1 saturated heterocycles. The molecular formula is C20H23N5O2. The largest absolute Gasteiger partial charge is 0.474 e. The Kier molecular flexibility index (Phi) is 4.77. The van der Waals surface area contributed by atoms with Crippen molar-refractivity contribution in [1.82, 2.24) is 19.4 Å². The van der Waals surface area contributed by atoms with Crippen LogP contribution >= 0.6 is 0 Å². The SMILES string of the molecule is CN1CCC(Oc2cc(NC(=O)c3nccc4ccn(C)c34)ccn2)CC1. The summed E-state index contributed by atoms with van der Waals surface area (Å²) < 4.78 is 7.90. The Morgan fingerprint density at radius 1 is 1.15 bits per heavy atom. The van der Waals surface area contributed by atoms with E-state index in [-0.39, 0.29) is 12.0 Å². The molecule has 0 aliphatic carbocycles. The van der Waals surface area contributed by atoms with Crippen LogP contribution in [0.25, 0.3) is 10.9 Å². The highest BCUT2D eigenvalue weighted by Gasteiger charge is 2.19. The lowest BCUT2D eigenvalue weighted by molar-refractivity contribution is 0.102. The van der Waals surface area contributed by atoms with Gasteiger partial charge in [-0.2, -0.15) is 0 Å². The van der Waals surface area contributed by atoms with Gasteiger partial charge >= 0.3 is 0 Å². The van der Waals surface area contributed by atoms with Crippen LogP contribution in [0.15, 0.2) is 42.9 Å². The first-order valence-corrected chi connectivity index (χ1v) is 9.13.